The Morgan fingerprint density at radius 2 is 2.08 bits per heavy atom. The maximum atomic E-state index is 13.1. The van der Waals surface area contributed by atoms with Crippen molar-refractivity contribution in [2.75, 3.05) is 12.8 Å². The zero-order chi connectivity index (χ0) is 8.43. The summed E-state index contributed by atoms with van der Waals surface area (Å²) in [5.74, 6) is -0.170. The molecule has 0 aliphatic heterocycles. The normalized spacial score (nSPS) is 8.92. The number of hydrogen-bond donors (Lipinski definition) is 1. The third kappa shape index (κ3) is 2.13. The predicted octanol–water partition coefficient (Wildman–Crippen LogP) is 2.44. The first-order chi connectivity index (χ1) is 5.16. The van der Waals surface area contributed by atoms with Crippen LogP contribution >= 0.6 is 35.0 Å². The zero-order valence-electron chi connectivity index (χ0n) is 6.30. The van der Waals surface area contributed by atoms with Crippen molar-refractivity contribution in [2.45, 2.75) is 0 Å². The summed E-state index contributed by atoms with van der Waals surface area (Å²) in [6.07, 6.45) is 0. The minimum atomic E-state index is -0.395. The van der Waals surface area contributed by atoms with Gasteiger partial charge in [-0.25, -0.2) is 4.39 Å². The van der Waals surface area contributed by atoms with Gasteiger partial charge < -0.3 is 10.5 Å². The molecular weight excluding hydrogens is 295 g/mol. The smallest absolute Gasteiger partial charge is 0.180 e. The van der Waals surface area contributed by atoms with Crippen molar-refractivity contribution < 1.29 is 9.13 Å². The fraction of sp³-hybridized carbons (Fsp3) is 0.143. The van der Waals surface area contributed by atoms with Gasteiger partial charge in [-0.15, -0.1) is 12.4 Å². The van der Waals surface area contributed by atoms with E-state index in [-0.39, 0.29) is 18.2 Å². The van der Waals surface area contributed by atoms with Gasteiger partial charge in [-0.1, -0.05) is 0 Å². The fourth-order valence-corrected chi connectivity index (χ4v) is 1.15. The van der Waals surface area contributed by atoms with E-state index in [2.05, 4.69) is 0 Å². The molecule has 0 atom stereocenters. The van der Waals surface area contributed by atoms with Crippen LogP contribution in [0.2, 0.25) is 0 Å². The average molecular weight is 304 g/mol. The lowest BCUT2D eigenvalue weighted by Gasteiger charge is -2.04. The van der Waals surface area contributed by atoms with E-state index in [1.54, 1.807) is 6.07 Å². The molecule has 0 heterocycles. The van der Waals surface area contributed by atoms with Gasteiger partial charge in [-0.05, 0) is 34.7 Å². The van der Waals surface area contributed by atoms with Crippen molar-refractivity contribution in [1.82, 2.24) is 0 Å². The number of nitrogens with two attached hydrogens (primary N) is 1. The predicted molar refractivity (Wildman–Crippen MR) is 57.3 cm³/mol. The maximum absolute atomic E-state index is 13.1. The lowest BCUT2D eigenvalue weighted by atomic mass is 10.3. The lowest BCUT2D eigenvalue weighted by molar-refractivity contribution is 0.385. The minimum Gasteiger partial charge on any atom is -0.494 e. The number of halogens is 3. The number of ether oxygens (including phenoxy) is 1. The van der Waals surface area contributed by atoms with Crippen molar-refractivity contribution in [3.8, 4) is 5.75 Å². The van der Waals surface area contributed by atoms with Crippen LogP contribution in [0.5, 0.6) is 5.75 Å². The van der Waals surface area contributed by atoms with E-state index in [1.165, 1.54) is 13.2 Å². The van der Waals surface area contributed by atoms with Gasteiger partial charge in [0.2, 0.25) is 0 Å². The van der Waals surface area contributed by atoms with Crippen LogP contribution in [0.25, 0.3) is 0 Å². The number of methoxy groups -OCH3 is 1. The van der Waals surface area contributed by atoms with Crippen LogP contribution in [0.4, 0.5) is 10.1 Å². The van der Waals surface area contributed by atoms with Crippen molar-refractivity contribution in [3.63, 3.8) is 0 Å². The molecule has 0 aromatic heterocycles. The van der Waals surface area contributed by atoms with E-state index in [0.717, 1.165) is 0 Å². The summed E-state index contributed by atoms with van der Waals surface area (Å²) in [6.45, 7) is 0. The Labute approximate surface area is 89.8 Å². The molecule has 1 aromatic rings. The lowest BCUT2D eigenvalue weighted by Crippen LogP contribution is -1.95. The second kappa shape index (κ2) is 4.71. The largest absolute Gasteiger partial charge is 0.494 e. The van der Waals surface area contributed by atoms with Crippen molar-refractivity contribution in [1.29, 1.82) is 0 Å². The summed E-state index contributed by atoms with van der Waals surface area (Å²) in [6, 6.07) is 3.12. The molecule has 2 N–H and O–H groups in total. The van der Waals surface area contributed by atoms with Crippen LogP contribution in [0.1, 0.15) is 0 Å². The number of benzene rings is 1. The van der Waals surface area contributed by atoms with Crippen molar-refractivity contribution >= 4 is 40.7 Å². The molecule has 0 saturated carbocycles. The highest BCUT2D eigenvalue weighted by molar-refractivity contribution is 14.1. The van der Waals surface area contributed by atoms with Gasteiger partial charge in [0.25, 0.3) is 0 Å². The number of rotatable bonds is 1. The first kappa shape index (κ1) is 11.8. The Balaban J connectivity index is 0.00000121. The maximum Gasteiger partial charge on any atom is 0.180 e. The molecule has 0 fully saturated rings. The van der Waals surface area contributed by atoms with E-state index in [9.17, 15) is 4.39 Å². The Morgan fingerprint density at radius 3 is 2.58 bits per heavy atom. The van der Waals surface area contributed by atoms with Crippen molar-refractivity contribution in [2.24, 2.45) is 0 Å². The van der Waals surface area contributed by atoms with E-state index in [0.29, 0.717) is 9.26 Å². The van der Waals surface area contributed by atoms with Crippen LogP contribution in [0.15, 0.2) is 12.1 Å². The second-order valence-corrected chi connectivity index (χ2v) is 3.06. The highest BCUT2D eigenvalue weighted by atomic mass is 127. The van der Waals surface area contributed by atoms with Gasteiger partial charge in [-0.2, -0.15) is 0 Å². The van der Waals surface area contributed by atoms with Gasteiger partial charge in [-0.3, -0.25) is 0 Å². The van der Waals surface area contributed by atoms with E-state index in [1.807, 2.05) is 22.6 Å². The first-order valence-corrected chi connectivity index (χ1v) is 4.02. The molecule has 0 aliphatic rings. The average Bonchev–Trinajstić information content (AvgIpc) is 2.01. The third-order valence-corrected chi connectivity index (χ3v) is 2.39. The summed E-state index contributed by atoms with van der Waals surface area (Å²) < 4.78 is 18.2. The molecule has 0 radical (unpaired) electrons. The number of nitrogen functional groups attached to an aromatic ring is 1. The highest BCUT2D eigenvalue weighted by Gasteiger charge is 2.08. The topological polar surface area (TPSA) is 35.2 Å². The molecular formula is C7H8ClFINO. The monoisotopic (exact) mass is 303 g/mol. The van der Waals surface area contributed by atoms with Gasteiger partial charge >= 0.3 is 0 Å². The molecule has 68 valence electrons. The summed E-state index contributed by atoms with van der Waals surface area (Å²) in [4.78, 5) is 0. The van der Waals surface area contributed by atoms with Crippen LogP contribution in [-0.2, 0) is 0 Å². The molecule has 2 nitrogen and oxygen atoms in total. The molecule has 1 rings (SSSR count). The van der Waals surface area contributed by atoms with Crippen LogP contribution in [-0.4, -0.2) is 7.11 Å². The molecule has 0 saturated heterocycles. The second-order valence-electron chi connectivity index (χ2n) is 1.99. The Morgan fingerprint density at radius 1 is 1.50 bits per heavy atom. The molecule has 0 amide bonds. The number of hydrogen-bond acceptors (Lipinski definition) is 2. The molecule has 0 unspecified atom stereocenters. The fourth-order valence-electron chi connectivity index (χ4n) is 0.704. The minimum absolute atomic E-state index is 0. The van der Waals surface area contributed by atoms with Crippen LogP contribution in [0, 0.1) is 9.39 Å². The molecule has 0 aliphatic carbocycles. The number of anilines is 1. The van der Waals surface area contributed by atoms with Gasteiger partial charge in [0.15, 0.2) is 11.6 Å². The standard InChI is InChI=1S/C7H7FINO.ClH/c1-11-5-3-2-4(10)7(9)6(5)8;/h2-3H,10H2,1H3;1H. The van der Waals surface area contributed by atoms with E-state index < -0.39 is 5.82 Å². The van der Waals surface area contributed by atoms with Crippen molar-refractivity contribution in [3.05, 3.63) is 21.5 Å². The van der Waals surface area contributed by atoms with Gasteiger partial charge in [0.05, 0.1) is 10.7 Å². The summed E-state index contributed by atoms with van der Waals surface area (Å²) in [5.41, 5.74) is 5.88. The van der Waals surface area contributed by atoms with E-state index >= 15 is 0 Å². The van der Waals surface area contributed by atoms with E-state index in [4.69, 9.17) is 10.5 Å². The molecule has 0 spiro atoms. The highest BCUT2D eigenvalue weighted by Crippen LogP contribution is 2.26. The Kier molecular flexibility index (Phi) is 4.62. The van der Waals surface area contributed by atoms with Crippen LogP contribution < -0.4 is 10.5 Å². The zero-order valence-corrected chi connectivity index (χ0v) is 9.28. The summed E-state index contributed by atoms with van der Waals surface area (Å²) in [7, 11) is 1.42. The summed E-state index contributed by atoms with van der Waals surface area (Å²) >= 11 is 1.84. The van der Waals surface area contributed by atoms with Gasteiger partial charge in [0.1, 0.15) is 0 Å². The summed E-state index contributed by atoms with van der Waals surface area (Å²) in [5, 5.41) is 0. The van der Waals surface area contributed by atoms with Crippen LogP contribution in [0.3, 0.4) is 0 Å². The SMILES string of the molecule is COc1ccc(N)c(I)c1F.Cl. The van der Waals surface area contributed by atoms with Gasteiger partial charge in [0, 0.05) is 5.69 Å². The molecule has 12 heavy (non-hydrogen) atoms. The molecule has 1 aromatic carbocycles. The Bertz CT molecular complexity index is 282. The quantitative estimate of drug-likeness (QED) is 0.639. The third-order valence-electron chi connectivity index (χ3n) is 1.30. The first-order valence-electron chi connectivity index (χ1n) is 2.94. The molecule has 5 heteroatoms. The molecule has 0 bridgehead atoms. The Hall–Kier alpha value is -0.230.